The van der Waals surface area contributed by atoms with Gasteiger partial charge in [0.2, 0.25) is 11.8 Å². The summed E-state index contributed by atoms with van der Waals surface area (Å²) in [6.07, 6.45) is 3.20. The first-order valence-corrected chi connectivity index (χ1v) is 14.0. The van der Waals surface area contributed by atoms with Gasteiger partial charge in [-0.2, -0.15) is 0 Å². The van der Waals surface area contributed by atoms with Crippen LogP contribution in [0.3, 0.4) is 0 Å². The fourth-order valence-corrected chi connectivity index (χ4v) is 5.66. The molecule has 0 radical (unpaired) electrons. The van der Waals surface area contributed by atoms with Crippen LogP contribution in [0.5, 0.6) is 0 Å². The molecule has 0 fully saturated rings. The highest BCUT2D eigenvalue weighted by Crippen LogP contribution is 2.36. The zero-order valence-corrected chi connectivity index (χ0v) is 23.0. The van der Waals surface area contributed by atoms with E-state index in [1.807, 2.05) is 70.3 Å². The number of fused-ring (bicyclic) bond motifs is 2. The molecule has 37 heavy (non-hydrogen) atoms. The monoisotopic (exact) mass is 521 g/mol. The first kappa shape index (κ1) is 27.1. The van der Waals surface area contributed by atoms with Crippen molar-refractivity contribution in [2.24, 2.45) is 0 Å². The summed E-state index contributed by atoms with van der Waals surface area (Å²) >= 11 is 1.57. The van der Waals surface area contributed by atoms with Crippen molar-refractivity contribution in [1.29, 1.82) is 0 Å². The van der Waals surface area contributed by atoms with Crippen molar-refractivity contribution in [3.05, 3.63) is 64.7 Å². The molecule has 2 heterocycles. The molecule has 0 aliphatic carbocycles. The Kier molecular flexibility index (Phi) is 7.62. The van der Waals surface area contributed by atoms with Crippen LogP contribution in [0.4, 0.5) is 0 Å². The van der Waals surface area contributed by atoms with Gasteiger partial charge < -0.3 is 5.32 Å². The highest BCUT2D eigenvalue weighted by Gasteiger charge is 2.45. The number of rotatable bonds is 9. The van der Waals surface area contributed by atoms with Crippen LogP contribution in [0.25, 0.3) is 0 Å². The van der Waals surface area contributed by atoms with Crippen molar-refractivity contribution < 1.29 is 19.2 Å². The highest BCUT2D eigenvalue weighted by atomic mass is 32.2. The predicted molar refractivity (Wildman–Crippen MR) is 145 cm³/mol. The van der Waals surface area contributed by atoms with Gasteiger partial charge in [0, 0.05) is 29.1 Å². The lowest BCUT2D eigenvalue weighted by atomic mass is 9.77. The summed E-state index contributed by atoms with van der Waals surface area (Å²) in [6.45, 7) is 9.37. The van der Waals surface area contributed by atoms with Gasteiger partial charge in [0.15, 0.2) is 0 Å². The third-order valence-electron chi connectivity index (χ3n) is 7.48. The van der Waals surface area contributed by atoms with Crippen molar-refractivity contribution in [3.8, 4) is 0 Å². The molecule has 2 aliphatic heterocycles. The summed E-state index contributed by atoms with van der Waals surface area (Å²) in [5.41, 5.74) is 1.25. The minimum absolute atomic E-state index is 0.174. The number of thioether (sulfide) groups is 1. The van der Waals surface area contributed by atoms with E-state index in [1.54, 1.807) is 17.8 Å². The number of nitrogens with one attached hydrogen (secondary N) is 1. The molecule has 0 bridgehead atoms. The Morgan fingerprint density at radius 1 is 0.730 bits per heavy atom. The van der Waals surface area contributed by atoms with Crippen molar-refractivity contribution in [1.82, 2.24) is 15.1 Å². The van der Waals surface area contributed by atoms with E-state index < -0.39 is 10.8 Å². The Balaban J connectivity index is 1.28. The van der Waals surface area contributed by atoms with E-state index >= 15 is 0 Å². The standard InChI is InChI=1S/C29H35N3O4S/c1-28(2)22-11-7-6-10-20(22)24(33)31(26(28)35)16-8-14-30-15-9-17-32-25(34)21-18-19(37-5)12-13-23(21)29(3,4)27(32)36/h6-7,10-13,18,30H,8-9,14-17H2,1-5H3. The fraction of sp³-hybridized carbons (Fsp3) is 0.448. The van der Waals surface area contributed by atoms with E-state index in [0.29, 0.717) is 50.1 Å². The van der Waals surface area contributed by atoms with Gasteiger partial charge in [-0.3, -0.25) is 29.0 Å². The molecule has 2 aromatic rings. The number of nitrogens with zero attached hydrogens (tertiary/aromatic N) is 2. The second kappa shape index (κ2) is 10.4. The maximum absolute atomic E-state index is 13.1. The molecule has 0 aromatic heterocycles. The van der Waals surface area contributed by atoms with Gasteiger partial charge in [0.25, 0.3) is 11.8 Å². The summed E-state index contributed by atoms with van der Waals surface area (Å²) in [7, 11) is 0. The molecule has 0 saturated carbocycles. The van der Waals surface area contributed by atoms with Gasteiger partial charge in [0.1, 0.15) is 0 Å². The van der Waals surface area contributed by atoms with Gasteiger partial charge in [-0.05, 0) is 89.2 Å². The molecule has 8 heteroatoms. The zero-order valence-electron chi connectivity index (χ0n) is 22.2. The quantitative estimate of drug-likeness (QED) is 0.305. The molecule has 0 unspecified atom stereocenters. The van der Waals surface area contributed by atoms with Crippen molar-refractivity contribution in [2.45, 2.75) is 56.3 Å². The van der Waals surface area contributed by atoms with E-state index in [9.17, 15) is 19.2 Å². The summed E-state index contributed by atoms with van der Waals surface area (Å²) < 4.78 is 0. The van der Waals surface area contributed by atoms with Gasteiger partial charge in [0.05, 0.1) is 10.8 Å². The van der Waals surface area contributed by atoms with Crippen LogP contribution in [0.2, 0.25) is 0 Å². The van der Waals surface area contributed by atoms with Crippen LogP contribution < -0.4 is 5.32 Å². The lowest BCUT2D eigenvalue weighted by Gasteiger charge is -2.37. The smallest absolute Gasteiger partial charge is 0.260 e. The Labute approximate surface area is 223 Å². The van der Waals surface area contributed by atoms with E-state index in [2.05, 4.69) is 5.32 Å². The molecule has 2 aliphatic rings. The number of carbonyl (C=O) groups is 4. The van der Waals surface area contributed by atoms with Crippen LogP contribution in [-0.2, 0) is 20.4 Å². The molecule has 2 aromatic carbocycles. The Morgan fingerprint density at radius 2 is 1.24 bits per heavy atom. The van der Waals surface area contributed by atoms with Crippen molar-refractivity contribution in [2.75, 3.05) is 32.4 Å². The molecule has 7 nitrogen and oxygen atoms in total. The summed E-state index contributed by atoms with van der Waals surface area (Å²) in [6, 6.07) is 13.0. The van der Waals surface area contributed by atoms with Gasteiger partial charge in [-0.25, -0.2) is 0 Å². The molecule has 0 spiro atoms. The molecule has 4 rings (SSSR count). The van der Waals surface area contributed by atoms with Gasteiger partial charge in [-0.1, -0.05) is 24.3 Å². The average molecular weight is 522 g/mol. The molecule has 0 atom stereocenters. The minimum atomic E-state index is -0.756. The van der Waals surface area contributed by atoms with Crippen LogP contribution in [0.15, 0.2) is 47.4 Å². The minimum Gasteiger partial charge on any atom is -0.317 e. The first-order chi connectivity index (χ1) is 17.5. The third-order valence-corrected chi connectivity index (χ3v) is 8.21. The van der Waals surface area contributed by atoms with E-state index in [-0.39, 0.29) is 23.6 Å². The molecule has 0 saturated heterocycles. The number of imide groups is 2. The van der Waals surface area contributed by atoms with E-state index in [0.717, 1.165) is 16.0 Å². The van der Waals surface area contributed by atoms with Crippen LogP contribution >= 0.6 is 11.8 Å². The maximum Gasteiger partial charge on any atom is 0.260 e. The Morgan fingerprint density at radius 3 is 1.81 bits per heavy atom. The SMILES string of the molecule is CSc1ccc2c(c1)C(=O)N(CCCNCCCN1C(=O)c3ccccc3C(C)(C)C1=O)C(=O)C2(C)C. The largest absolute Gasteiger partial charge is 0.317 e. The number of carbonyl (C=O) groups excluding carboxylic acids is 4. The average Bonchev–Trinajstić information content (AvgIpc) is 2.89. The lowest BCUT2D eigenvalue weighted by Crippen LogP contribution is -2.52. The number of hydrogen-bond acceptors (Lipinski definition) is 6. The number of benzene rings is 2. The van der Waals surface area contributed by atoms with Crippen LogP contribution in [-0.4, -0.2) is 65.9 Å². The van der Waals surface area contributed by atoms with Crippen molar-refractivity contribution in [3.63, 3.8) is 0 Å². The fourth-order valence-electron chi connectivity index (χ4n) is 5.22. The van der Waals surface area contributed by atoms with E-state index in [4.69, 9.17) is 0 Å². The predicted octanol–water partition coefficient (Wildman–Crippen LogP) is 4.00. The second-order valence-electron chi connectivity index (χ2n) is 10.7. The Bertz CT molecular complexity index is 1250. The highest BCUT2D eigenvalue weighted by molar-refractivity contribution is 7.98. The molecular weight excluding hydrogens is 486 g/mol. The zero-order chi connectivity index (χ0) is 27.0. The third kappa shape index (κ3) is 4.84. The van der Waals surface area contributed by atoms with Crippen LogP contribution in [0, 0.1) is 0 Å². The summed E-state index contributed by atoms with van der Waals surface area (Å²) in [5.74, 6) is -0.826. The second-order valence-corrected chi connectivity index (χ2v) is 11.6. The summed E-state index contributed by atoms with van der Waals surface area (Å²) in [4.78, 5) is 55.9. The van der Waals surface area contributed by atoms with Gasteiger partial charge >= 0.3 is 0 Å². The molecule has 196 valence electrons. The maximum atomic E-state index is 13.1. The number of hydrogen-bond donors (Lipinski definition) is 1. The molecule has 1 N–H and O–H groups in total. The first-order valence-electron chi connectivity index (χ1n) is 12.7. The summed E-state index contributed by atoms with van der Waals surface area (Å²) in [5, 5.41) is 3.32. The topological polar surface area (TPSA) is 86.8 Å². The van der Waals surface area contributed by atoms with Crippen LogP contribution in [0.1, 0.15) is 72.4 Å². The molecular formula is C29H35N3O4S. The normalized spacial score (nSPS) is 18.2. The Hall–Kier alpha value is -2.97. The van der Waals surface area contributed by atoms with Gasteiger partial charge in [-0.15, -0.1) is 11.8 Å². The molecule has 4 amide bonds. The van der Waals surface area contributed by atoms with Crippen molar-refractivity contribution >= 4 is 35.4 Å². The van der Waals surface area contributed by atoms with E-state index in [1.165, 1.54) is 9.80 Å². The number of amides is 4. The lowest BCUT2D eigenvalue weighted by molar-refractivity contribution is -0.135.